The van der Waals surface area contributed by atoms with Crippen molar-refractivity contribution < 1.29 is 44.2 Å². The molecule has 164 valence electrons. The SMILES string of the molecule is CCn1cc[n+](C)c1C.CCn1cc[n+](C)c1C.O=S(=O)([O-])O.O=S(=O)([O-])O. The molecule has 2 N–H and O–H groups in total. The Morgan fingerprint density at radius 1 is 0.821 bits per heavy atom. The lowest BCUT2D eigenvalue weighted by Gasteiger charge is -1.90. The molecule has 0 aliphatic rings. The molecule has 0 aliphatic heterocycles. The van der Waals surface area contributed by atoms with Gasteiger partial charge in [-0.05, 0) is 13.8 Å². The van der Waals surface area contributed by atoms with Crippen molar-refractivity contribution in [2.24, 2.45) is 14.1 Å². The number of nitrogens with zero attached hydrogens (tertiary/aromatic N) is 4. The van der Waals surface area contributed by atoms with E-state index in [0.29, 0.717) is 0 Å². The lowest BCUT2D eigenvalue weighted by molar-refractivity contribution is -0.677. The summed E-state index contributed by atoms with van der Waals surface area (Å²) in [5.74, 6) is 2.61. The summed E-state index contributed by atoms with van der Waals surface area (Å²) in [6, 6.07) is 0. The van der Waals surface area contributed by atoms with Crippen LogP contribution in [-0.4, -0.2) is 44.2 Å². The summed E-state index contributed by atoms with van der Waals surface area (Å²) in [5, 5.41) is 0. The number of hydrogen-bond donors (Lipinski definition) is 2. The number of aromatic nitrogens is 4. The molecule has 28 heavy (non-hydrogen) atoms. The first-order chi connectivity index (χ1) is 12.5. The van der Waals surface area contributed by atoms with Crippen LogP contribution in [0.5, 0.6) is 0 Å². The van der Waals surface area contributed by atoms with Gasteiger partial charge in [-0.1, -0.05) is 0 Å². The van der Waals surface area contributed by atoms with Gasteiger partial charge in [-0.15, -0.1) is 0 Å². The van der Waals surface area contributed by atoms with E-state index in [2.05, 4.69) is 84.8 Å². The van der Waals surface area contributed by atoms with Crippen LogP contribution in [0.2, 0.25) is 0 Å². The average Bonchev–Trinajstić information content (AvgIpc) is 3.00. The Balaban J connectivity index is 0. The Kier molecular flexibility index (Phi) is 12.8. The van der Waals surface area contributed by atoms with Gasteiger partial charge in [0.15, 0.2) is 0 Å². The number of rotatable bonds is 2. The van der Waals surface area contributed by atoms with E-state index in [4.69, 9.17) is 35.0 Å². The maximum Gasteiger partial charge on any atom is 0.252 e. The highest BCUT2D eigenvalue weighted by atomic mass is 32.3. The molecular formula is C14H28N4O8S2. The highest BCUT2D eigenvalue weighted by Crippen LogP contribution is 1.90. The van der Waals surface area contributed by atoms with Gasteiger partial charge in [0.1, 0.15) is 24.8 Å². The van der Waals surface area contributed by atoms with E-state index in [1.54, 1.807) is 0 Å². The van der Waals surface area contributed by atoms with Crippen LogP contribution in [0.4, 0.5) is 0 Å². The molecule has 0 fully saturated rings. The monoisotopic (exact) mass is 444 g/mol. The quantitative estimate of drug-likeness (QED) is 0.347. The van der Waals surface area contributed by atoms with E-state index >= 15 is 0 Å². The summed E-state index contributed by atoms with van der Waals surface area (Å²) in [6.07, 6.45) is 8.32. The molecule has 0 amide bonds. The molecule has 0 saturated heterocycles. The zero-order valence-corrected chi connectivity index (χ0v) is 18.3. The molecular weight excluding hydrogens is 416 g/mol. The van der Waals surface area contributed by atoms with Crippen LogP contribution >= 0.6 is 0 Å². The summed E-state index contributed by atoms with van der Waals surface area (Å²) in [6.45, 7) is 10.6. The number of aryl methyl sites for hydroxylation is 4. The Morgan fingerprint density at radius 2 is 1.04 bits per heavy atom. The molecule has 12 nitrogen and oxygen atoms in total. The Morgan fingerprint density at radius 3 is 1.11 bits per heavy atom. The van der Waals surface area contributed by atoms with Crippen molar-refractivity contribution in [3.63, 3.8) is 0 Å². The zero-order valence-electron chi connectivity index (χ0n) is 16.7. The van der Waals surface area contributed by atoms with Crippen molar-refractivity contribution in [1.29, 1.82) is 0 Å². The first-order valence-electron chi connectivity index (χ1n) is 7.90. The summed E-state index contributed by atoms with van der Waals surface area (Å²) < 4.78 is 74.3. The van der Waals surface area contributed by atoms with E-state index in [0.717, 1.165) is 13.1 Å². The lowest BCUT2D eigenvalue weighted by atomic mass is 10.6. The van der Waals surface area contributed by atoms with Crippen molar-refractivity contribution >= 4 is 20.8 Å². The minimum Gasteiger partial charge on any atom is -0.726 e. The molecule has 2 rings (SSSR count). The maximum absolute atomic E-state index is 8.63. The molecule has 0 bridgehead atoms. The van der Waals surface area contributed by atoms with Crippen LogP contribution in [0.1, 0.15) is 25.5 Å². The third kappa shape index (κ3) is 16.3. The van der Waals surface area contributed by atoms with E-state index in [-0.39, 0.29) is 0 Å². The summed E-state index contributed by atoms with van der Waals surface area (Å²) >= 11 is 0. The first kappa shape index (κ1) is 28.4. The Hall–Kier alpha value is -1.84. The smallest absolute Gasteiger partial charge is 0.252 e. The van der Waals surface area contributed by atoms with Crippen LogP contribution in [0.15, 0.2) is 24.8 Å². The minimum absolute atomic E-state index is 1.06. The predicted molar refractivity (Wildman–Crippen MR) is 96.7 cm³/mol. The molecule has 14 heteroatoms. The van der Waals surface area contributed by atoms with E-state index in [1.165, 1.54) is 11.6 Å². The van der Waals surface area contributed by atoms with Gasteiger partial charge in [0.25, 0.3) is 11.6 Å². The first-order valence-corrected chi connectivity index (χ1v) is 10.6. The topological polar surface area (TPSA) is 172 Å². The molecule has 0 aromatic carbocycles. The van der Waals surface area contributed by atoms with Crippen LogP contribution < -0.4 is 9.13 Å². The van der Waals surface area contributed by atoms with Crippen LogP contribution in [0.25, 0.3) is 0 Å². The molecule has 0 saturated carbocycles. The van der Waals surface area contributed by atoms with Gasteiger partial charge >= 0.3 is 0 Å². The standard InChI is InChI=1S/2C7H13N2.2H2O4S/c2*1-4-9-6-5-8(3)7(9)2;2*1-5(2,3)4/h2*5-6H,4H2,1-3H3;2*(H2,1,2,3,4)/q2*+1;;/p-2. The van der Waals surface area contributed by atoms with Gasteiger partial charge in [0.05, 0.1) is 27.2 Å². The molecule has 0 radical (unpaired) electrons. The molecule has 2 heterocycles. The van der Waals surface area contributed by atoms with Gasteiger partial charge < -0.3 is 9.11 Å². The molecule has 0 aliphatic carbocycles. The fraction of sp³-hybridized carbons (Fsp3) is 0.571. The van der Waals surface area contributed by atoms with Crippen LogP contribution in [0.3, 0.4) is 0 Å². The van der Waals surface area contributed by atoms with Crippen molar-refractivity contribution in [3.05, 3.63) is 36.4 Å². The summed E-state index contributed by atoms with van der Waals surface area (Å²) in [5.41, 5.74) is 0. The van der Waals surface area contributed by atoms with E-state index in [1.807, 2.05) is 0 Å². The number of hydrogen-bond acceptors (Lipinski definition) is 6. The fourth-order valence-corrected chi connectivity index (χ4v) is 1.87. The summed E-state index contributed by atoms with van der Waals surface area (Å²) in [7, 11) is -5.72. The maximum atomic E-state index is 8.63. The van der Waals surface area contributed by atoms with Crippen molar-refractivity contribution in [2.45, 2.75) is 40.8 Å². The Labute approximate surface area is 165 Å². The van der Waals surface area contributed by atoms with Crippen LogP contribution in [0, 0.1) is 13.8 Å². The fourth-order valence-electron chi connectivity index (χ4n) is 1.87. The predicted octanol–water partition coefficient (Wildman–Crippen LogP) is -0.709. The van der Waals surface area contributed by atoms with E-state index < -0.39 is 20.8 Å². The second-order valence-corrected chi connectivity index (χ2v) is 7.05. The van der Waals surface area contributed by atoms with Gasteiger partial charge in [0.2, 0.25) is 20.8 Å². The second kappa shape index (κ2) is 12.6. The molecule has 0 atom stereocenters. The number of imidazole rings is 2. The van der Waals surface area contributed by atoms with Gasteiger partial charge in [-0.2, -0.15) is 0 Å². The van der Waals surface area contributed by atoms with Gasteiger partial charge in [-0.3, -0.25) is 9.11 Å². The summed E-state index contributed by atoms with van der Waals surface area (Å²) in [4.78, 5) is 0. The van der Waals surface area contributed by atoms with E-state index in [9.17, 15) is 0 Å². The second-order valence-electron chi connectivity index (χ2n) is 5.34. The third-order valence-corrected chi connectivity index (χ3v) is 3.47. The van der Waals surface area contributed by atoms with Gasteiger partial charge in [0, 0.05) is 13.8 Å². The molecule has 2 aromatic rings. The van der Waals surface area contributed by atoms with Gasteiger partial charge in [-0.25, -0.2) is 35.1 Å². The molecule has 2 aromatic heterocycles. The average molecular weight is 445 g/mol. The molecule has 0 unspecified atom stereocenters. The highest BCUT2D eigenvalue weighted by Gasteiger charge is 2.04. The third-order valence-electron chi connectivity index (χ3n) is 3.47. The Bertz CT molecular complexity index is 825. The van der Waals surface area contributed by atoms with Crippen molar-refractivity contribution in [2.75, 3.05) is 0 Å². The minimum atomic E-state index is -4.92. The van der Waals surface area contributed by atoms with Crippen molar-refractivity contribution in [3.8, 4) is 0 Å². The van der Waals surface area contributed by atoms with Crippen molar-refractivity contribution in [1.82, 2.24) is 9.13 Å². The zero-order chi connectivity index (χ0) is 22.7. The molecule has 0 spiro atoms. The van der Waals surface area contributed by atoms with Crippen LogP contribution in [-0.2, 0) is 48.0 Å². The lowest BCUT2D eigenvalue weighted by Crippen LogP contribution is -2.29. The normalized spacial score (nSPS) is 10.6. The highest BCUT2D eigenvalue weighted by molar-refractivity contribution is 7.80. The largest absolute Gasteiger partial charge is 0.726 e.